The number of nitrogens with zero attached hydrogens (tertiary/aromatic N) is 1. The van der Waals surface area contributed by atoms with Crippen molar-refractivity contribution in [3.8, 4) is 0 Å². The van der Waals surface area contributed by atoms with Gasteiger partial charge in [-0.2, -0.15) is 0 Å². The van der Waals surface area contributed by atoms with E-state index in [9.17, 15) is 0 Å². The Balaban J connectivity index is 2.09. The van der Waals surface area contributed by atoms with Crippen molar-refractivity contribution >= 4 is 10.9 Å². The van der Waals surface area contributed by atoms with E-state index < -0.39 is 0 Å². The van der Waals surface area contributed by atoms with Gasteiger partial charge < -0.3 is 9.88 Å². The van der Waals surface area contributed by atoms with Crippen LogP contribution in [0.2, 0.25) is 0 Å². The van der Waals surface area contributed by atoms with E-state index in [0.29, 0.717) is 6.04 Å². The minimum atomic E-state index is 0.676. The van der Waals surface area contributed by atoms with Gasteiger partial charge in [0.2, 0.25) is 0 Å². The van der Waals surface area contributed by atoms with Crippen LogP contribution >= 0.6 is 0 Å². The molecule has 1 unspecified atom stereocenters. The fraction of sp³-hybridized carbons (Fsp3) is 0.500. The van der Waals surface area contributed by atoms with Gasteiger partial charge in [0.05, 0.1) is 5.52 Å². The van der Waals surface area contributed by atoms with Crippen molar-refractivity contribution in [2.75, 3.05) is 6.54 Å². The van der Waals surface area contributed by atoms with Gasteiger partial charge in [-0.3, -0.25) is 0 Å². The van der Waals surface area contributed by atoms with Gasteiger partial charge in [-0.05, 0) is 56.3 Å². The molecule has 96 valence electrons. The molecule has 2 heteroatoms. The van der Waals surface area contributed by atoms with E-state index in [-0.39, 0.29) is 0 Å². The molecule has 1 aliphatic heterocycles. The summed E-state index contributed by atoms with van der Waals surface area (Å²) in [5.74, 6) is 0. The van der Waals surface area contributed by atoms with Crippen molar-refractivity contribution in [2.45, 2.75) is 39.2 Å². The van der Waals surface area contributed by atoms with Gasteiger partial charge in [0.25, 0.3) is 0 Å². The number of rotatable bonds is 2. The van der Waals surface area contributed by atoms with Crippen LogP contribution < -0.4 is 5.32 Å². The molecule has 1 fully saturated rings. The van der Waals surface area contributed by atoms with Crippen LogP contribution in [0.3, 0.4) is 0 Å². The second kappa shape index (κ2) is 4.43. The van der Waals surface area contributed by atoms with Crippen molar-refractivity contribution in [1.29, 1.82) is 0 Å². The van der Waals surface area contributed by atoms with Crippen LogP contribution in [0, 0.1) is 13.8 Å². The van der Waals surface area contributed by atoms with E-state index >= 15 is 0 Å². The molecule has 1 N–H and O–H groups in total. The van der Waals surface area contributed by atoms with Gasteiger partial charge in [-0.25, -0.2) is 0 Å². The molecule has 1 atom stereocenters. The Morgan fingerprint density at radius 1 is 1.28 bits per heavy atom. The highest BCUT2D eigenvalue weighted by atomic mass is 14.9. The third-order valence-electron chi connectivity index (χ3n) is 4.24. The lowest BCUT2D eigenvalue weighted by Crippen LogP contribution is -2.23. The smallest absolute Gasteiger partial charge is 0.0512 e. The minimum Gasteiger partial charge on any atom is -0.350 e. The molecule has 1 aromatic heterocycles. The van der Waals surface area contributed by atoms with E-state index in [2.05, 4.69) is 49.1 Å². The predicted octanol–water partition coefficient (Wildman–Crippen LogP) is 3.09. The summed E-state index contributed by atoms with van der Waals surface area (Å²) in [5.41, 5.74) is 5.70. The fourth-order valence-electron chi connectivity index (χ4n) is 3.37. The number of fused-ring (bicyclic) bond motifs is 1. The van der Waals surface area contributed by atoms with E-state index in [1.165, 1.54) is 53.4 Å². The number of aromatic nitrogens is 1. The summed E-state index contributed by atoms with van der Waals surface area (Å²) < 4.78 is 2.29. The van der Waals surface area contributed by atoms with Crippen LogP contribution in [0.4, 0.5) is 0 Å². The Morgan fingerprint density at radius 3 is 2.78 bits per heavy atom. The van der Waals surface area contributed by atoms with Crippen LogP contribution in [-0.4, -0.2) is 17.2 Å². The molecule has 0 saturated carbocycles. The molecule has 3 rings (SSSR count). The molecule has 2 aromatic rings. The standard InChI is InChI=1S/C16H22N2/c1-11-6-7-12(2)16-15(11)13(10-18(16)3)9-14-5-4-8-17-14/h6-7,10,14,17H,4-5,8-9H2,1-3H3. The fourth-order valence-corrected chi connectivity index (χ4v) is 3.37. The summed E-state index contributed by atoms with van der Waals surface area (Å²) in [7, 11) is 2.17. The van der Waals surface area contributed by atoms with Gasteiger partial charge in [0.15, 0.2) is 0 Å². The van der Waals surface area contributed by atoms with Gasteiger partial charge >= 0.3 is 0 Å². The molecule has 1 saturated heterocycles. The van der Waals surface area contributed by atoms with Crippen molar-refractivity contribution < 1.29 is 0 Å². The molecule has 1 aliphatic rings. The Bertz CT molecular complexity index is 574. The van der Waals surface area contributed by atoms with Crippen molar-refractivity contribution in [3.63, 3.8) is 0 Å². The molecule has 0 spiro atoms. The molecule has 1 aromatic carbocycles. The second-order valence-corrected chi connectivity index (χ2v) is 5.69. The topological polar surface area (TPSA) is 17.0 Å². The van der Waals surface area contributed by atoms with Gasteiger partial charge in [-0.1, -0.05) is 12.1 Å². The highest BCUT2D eigenvalue weighted by molar-refractivity contribution is 5.89. The average Bonchev–Trinajstić information content (AvgIpc) is 2.93. The lowest BCUT2D eigenvalue weighted by atomic mass is 9.99. The summed E-state index contributed by atoms with van der Waals surface area (Å²) in [4.78, 5) is 0. The first kappa shape index (κ1) is 11.8. The van der Waals surface area contributed by atoms with Crippen molar-refractivity contribution in [2.24, 2.45) is 7.05 Å². The molecule has 0 bridgehead atoms. The monoisotopic (exact) mass is 242 g/mol. The summed E-state index contributed by atoms with van der Waals surface area (Å²) in [6, 6.07) is 5.16. The lowest BCUT2D eigenvalue weighted by molar-refractivity contribution is 0.604. The molecule has 0 radical (unpaired) electrons. The molecular formula is C16H22N2. The van der Waals surface area contributed by atoms with Crippen LogP contribution in [0.5, 0.6) is 0 Å². The zero-order valence-corrected chi connectivity index (χ0v) is 11.6. The number of hydrogen-bond acceptors (Lipinski definition) is 1. The third-order valence-corrected chi connectivity index (χ3v) is 4.24. The maximum atomic E-state index is 3.60. The minimum absolute atomic E-state index is 0.676. The van der Waals surface area contributed by atoms with E-state index in [1.54, 1.807) is 0 Å². The summed E-state index contributed by atoms with van der Waals surface area (Å²) in [6.45, 7) is 5.63. The number of hydrogen-bond donors (Lipinski definition) is 1. The average molecular weight is 242 g/mol. The quantitative estimate of drug-likeness (QED) is 0.856. The van der Waals surface area contributed by atoms with Crippen LogP contribution in [0.25, 0.3) is 10.9 Å². The molecular weight excluding hydrogens is 220 g/mol. The van der Waals surface area contributed by atoms with Crippen LogP contribution in [0.1, 0.15) is 29.5 Å². The molecule has 0 aliphatic carbocycles. The Kier molecular flexibility index (Phi) is 2.90. The first-order valence-electron chi connectivity index (χ1n) is 6.94. The SMILES string of the molecule is Cc1ccc(C)c2c1c(CC1CCCN1)cn2C. The summed E-state index contributed by atoms with van der Waals surface area (Å²) in [6.07, 6.45) is 6.14. The Hall–Kier alpha value is -1.28. The zero-order chi connectivity index (χ0) is 12.7. The summed E-state index contributed by atoms with van der Waals surface area (Å²) >= 11 is 0. The predicted molar refractivity (Wildman–Crippen MR) is 77.1 cm³/mol. The largest absolute Gasteiger partial charge is 0.350 e. The molecule has 0 amide bonds. The van der Waals surface area contributed by atoms with Gasteiger partial charge in [-0.15, -0.1) is 0 Å². The molecule has 2 heterocycles. The van der Waals surface area contributed by atoms with E-state index in [0.717, 1.165) is 0 Å². The van der Waals surface area contributed by atoms with Crippen molar-refractivity contribution in [1.82, 2.24) is 9.88 Å². The first-order valence-corrected chi connectivity index (χ1v) is 6.94. The Morgan fingerprint density at radius 2 is 2.06 bits per heavy atom. The normalized spacial score (nSPS) is 19.8. The Labute approximate surface area is 109 Å². The maximum Gasteiger partial charge on any atom is 0.0512 e. The second-order valence-electron chi connectivity index (χ2n) is 5.69. The van der Waals surface area contributed by atoms with Crippen molar-refractivity contribution in [3.05, 3.63) is 35.0 Å². The van der Waals surface area contributed by atoms with E-state index in [4.69, 9.17) is 0 Å². The van der Waals surface area contributed by atoms with Gasteiger partial charge in [0, 0.05) is 24.7 Å². The number of aryl methyl sites for hydroxylation is 3. The highest BCUT2D eigenvalue weighted by Crippen LogP contribution is 2.28. The third kappa shape index (κ3) is 1.85. The first-order chi connectivity index (χ1) is 8.66. The van der Waals surface area contributed by atoms with E-state index in [1.807, 2.05) is 0 Å². The number of benzene rings is 1. The number of nitrogens with one attached hydrogen (secondary N) is 1. The zero-order valence-electron chi connectivity index (χ0n) is 11.6. The van der Waals surface area contributed by atoms with Gasteiger partial charge in [0.1, 0.15) is 0 Å². The molecule has 18 heavy (non-hydrogen) atoms. The van der Waals surface area contributed by atoms with Crippen LogP contribution in [0.15, 0.2) is 18.3 Å². The highest BCUT2D eigenvalue weighted by Gasteiger charge is 2.18. The summed E-state index contributed by atoms with van der Waals surface area (Å²) in [5, 5.41) is 5.08. The van der Waals surface area contributed by atoms with Crippen LogP contribution in [-0.2, 0) is 13.5 Å². The molecule has 2 nitrogen and oxygen atoms in total. The lowest BCUT2D eigenvalue weighted by Gasteiger charge is -2.10. The maximum absolute atomic E-state index is 3.60.